The third-order valence-corrected chi connectivity index (χ3v) is 5.80. The molecule has 6 nitrogen and oxygen atoms in total. The van der Waals surface area contributed by atoms with Gasteiger partial charge in [-0.15, -0.1) is 0 Å². The largest absolute Gasteiger partial charge is 0.504 e. The molecule has 0 bridgehead atoms. The standard InChI is InChI=1S/C23H24N2O4S/c1-4-29-23-14-18(6-12-22(23)26)15-24-19-7-9-20(10-8-19)30(27,28)25-21-11-5-16(2)13-17(21)3/h5-15,25-26H,4H2,1-3H3. The number of aromatic hydroxyl groups is 1. The van der Waals surface area contributed by atoms with Gasteiger partial charge in [-0.3, -0.25) is 9.71 Å². The van der Waals surface area contributed by atoms with Crippen LogP contribution in [-0.2, 0) is 10.0 Å². The van der Waals surface area contributed by atoms with Crippen molar-refractivity contribution >= 4 is 27.6 Å². The molecular formula is C23H24N2O4S. The van der Waals surface area contributed by atoms with Crippen LogP contribution in [-0.4, -0.2) is 26.3 Å². The molecule has 0 aromatic heterocycles. The van der Waals surface area contributed by atoms with Crippen LogP contribution in [0.1, 0.15) is 23.6 Å². The van der Waals surface area contributed by atoms with Crippen molar-refractivity contribution in [2.24, 2.45) is 4.99 Å². The summed E-state index contributed by atoms with van der Waals surface area (Å²) in [5.41, 5.74) is 3.84. The topological polar surface area (TPSA) is 88.0 Å². The van der Waals surface area contributed by atoms with Crippen molar-refractivity contribution in [3.63, 3.8) is 0 Å². The minimum Gasteiger partial charge on any atom is -0.504 e. The lowest BCUT2D eigenvalue weighted by atomic mass is 10.1. The van der Waals surface area contributed by atoms with Gasteiger partial charge < -0.3 is 9.84 Å². The van der Waals surface area contributed by atoms with Gasteiger partial charge in [0, 0.05) is 6.21 Å². The third kappa shape index (κ3) is 5.18. The Morgan fingerprint density at radius 2 is 1.77 bits per heavy atom. The van der Waals surface area contributed by atoms with Crippen LogP contribution in [0.2, 0.25) is 0 Å². The Morgan fingerprint density at radius 3 is 2.43 bits per heavy atom. The van der Waals surface area contributed by atoms with E-state index in [9.17, 15) is 13.5 Å². The summed E-state index contributed by atoms with van der Waals surface area (Å²) in [5.74, 6) is 0.459. The molecule has 0 aliphatic heterocycles. The van der Waals surface area contributed by atoms with Gasteiger partial charge in [-0.1, -0.05) is 17.7 Å². The average molecular weight is 425 g/mol. The third-order valence-electron chi connectivity index (χ3n) is 4.42. The van der Waals surface area contributed by atoms with Crippen molar-refractivity contribution < 1.29 is 18.3 Å². The van der Waals surface area contributed by atoms with Gasteiger partial charge in [-0.05, 0) is 80.4 Å². The average Bonchev–Trinajstić information content (AvgIpc) is 2.71. The van der Waals surface area contributed by atoms with Crippen LogP contribution in [0.4, 0.5) is 11.4 Å². The molecule has 3 aromatic carbocycles. The van der Waals surface area contributed by atoms with E-state index in [-0.39, 0.29) is 10.6 Å². The first-order valence-electron chi connectivity index (χ1n) is 9.48. The molecule has 0 radical (unpaired) electrons. The molecule has 7 heteroatoms. The van der Waals surface area contributed by atoms with Crippen molar-refractivity contribution in [1.29, 1.82) is 0 Å². The van der Waals surface area contributed by atoms with E-state index < -0.39 is 10.0 Å². The van der Waals surface area contributed by atoms with Crippen LogP contribution in [0.5, 0.6) is 11.5 Å². The summed E-state index contributed by atoms with van der Waals surface area (Å²) in [6, 6.07) is 16.8. The molecule has 0 spiro atoms. The normalized spacial score (nSPS) is 11.6. The van der Waals surface area contributed by atoms with Gasteiger partial charge >= 0.3 is 0 Å². The molecule has 3 aromatic rings. The van der Waals surface area contributed by atoms with Crippen molar-refractivity contribution in [1.82, 2.24) is 0 Å². The molecule has 0 unspecified atom stereocenters. The quantitative estimate of drug-likeness (QED) is 0.525. The van der Waals surface area contributed by atoms with E-state index in [0.29, 0.717) is 23.7 Å². The second-order valence-electron chi connectivity index (χ2n) is 6.84. The second-order valence-corrected chi connectivity index (χ2v) is 8.52. The number of hydrogen-bond acceptors (Lipinski definition) is 5. The number of rotatable bonds is 7. The van der Waals surface area contributed by atoms with E-state index in [0.717, 1.165) is 16.7 Å². The summed E-state index contributed by atoms with van der Waals surface area (Å²) in [7, 11) is -3.70. The van der Waals surface area contributed by atoms with Gasteiger partial charge in [0.2, 0.25) is 0 Å². The molecular weight excluding hydrogens is 400 g/mol. The number of aryl methyl sites for hydroxylation is 2. The first-order chi connectivity index (χ1) is 14.3. The Morgan fingerprint density at radius 1 is 1.03 bits per heavy atom. The van der Waals surface area contributed by atoms with Gasteiger partial charge in [0.15, 0.2) is 11.5 Å². The Bertz CT molecular complexity index is 1170. The zero-order chi connectivity index (χ0) is 21.7. The molecule has 0 saturated heterocycles. The summed E-state index contributed by atoms with van der Waals surface area (Å²) >= 11 is 0. The van der Waals surface area contributed by atoms with E-state index in [4.69, 9.17) is 4.74 Å². The maximum atomic E-state index is 12.7. The zero-order valence-corrected chi connectivity index (χ0v) is 17.9. The lowest BCUT2D eigenvalue weighted by molar-refractivity contribution is 0.318. The Hall–Kier alpha value is -3.32. The number of phenolic OH excluding ortho intramolecular Hbond substituents is 1. The van der Waals surface area contributed by atoms with Gasteiger partial charge in [-0.25, -0.2) is 8.42 Å². The fourth-order valence-corrected chi connectivity index (χ4v) is 4.01. The van der Waals surface area contributed by atoms with Crippen molar-refractivity contribution in [3.8, 4) is 11.5 Å². The molecule has 0 heterocycles. The molecule has 0 aliphatic carbocycles. The van der Waals surface area contributed by atoms with E-state index in [2.05, 4.69) is 9.71 Å². The highest BCUT2D eigenvalue weighted by Gasteiger charge is 2.15. The molecule has 0 atom stereocenters. The van der Waals surface area contributed by atoms with Gasteiger partial charge in [0.1, 0.15) is 0 Å². The summed E-state index contributed by atoms with van der Waals surface area (Å²) in [6.07, 6.45) is 1.62. The first kappa shape index (κ1) is 21.4. The van der Waals surface area contributed by atoms with Crippen LogP contribution in [0.3, 0.4) is 0 Å². The molecule has 0 amide bonds. The fraction of sp³-hybridized carbons (Fsp3) is 0.174. The van der Waals surface area contributed by atoms with E-state index in [1.807, 2.05) is 32.9 Å². The Labute approximate surface area is 176 Å². The number of sulfonamides is 1. The summed E-state index contributed by atoms with van der Waals surface area (Å²) < 4.78 is 33.3. The molecule has 0 aliphatic rings. The Kier molecular flexibility index (Phi) is 6.42. The van der Waals surface area contributed by atoms with Crippen LogP contribution in [0.25, 0.3) is 0 Å². The summed E-state index contributed by atoms with van der Waals surface area (Å²) in [4.78, 5) is 4.52. The maximum absolute atomic E-state index is 12.7. The SMILES string of the molecule is CCOc1cc(C=Nc2ccc(S(=O)(=O)Nc3ccc(C)cc3C)cc2)ccc1O. The highest BCUT2D eigenvalue weighted by Crippen LogP contribution is 2.27. The van der Waals surface area contributed by atoms with Gasteiger partial charge in [0.25, 0.3) is 10.0 Å². The van der Waals surface area contributed by atoms with E-state index >= 15 is 0 Å². The number of aliphatic imine (C=N–C) groups is 1. The molecule has 2 N–H and O–H groups in total. The van der Waals surface area contributed by atoms with Crippen LogP contribution >= 0.6 is 0 Å². The molecule has 3 rings (SSSR count). The van der Waals surface area contributed by atoms with Gasteiger partial charge in [0.05, 0.1) is 22.9 Å². The van der Waals surface area contributed by atoms with Crippen molar-refractivity contribution in [2.75, 3.05) is 11.3 Å². The van der Waals surface area contributed by atoms with Crippen LogP contribution < -0.4 is 9.46 Å². The maximum Gasteiger partial charge on any atom is 0.261 e. The fourth-order valence-electron chi connectivity index (χ4n) is 2.87. The smallest absolute Gasteiger partial charge is 0.261 e. The van der Waals surface area contributed by atoms with E-state index in [1.54, 1.807) is 42.6 Å². The minimum atomic E-state index is -3.70. The number of ether oxygens (including phenoxy) is 1. The molecule has 30 heavy (non-hydrogen) atoms. The van der Waals surface area contributed by atoms with E-state index in [1.165, 1.54) is 12.1 Å². The highest BCUT2D eigenvalue weighted by atomic mass is 32.2. The lowest BCUT2D eigenvalue weighted by Crippen LogP contribution is -2.13. The van der Waals surface area contributed by atoms with Crippen LogP contribution in [0, 0.1) is 13.8 Å². The van der Waals surface area contributed by atoms with Crippen LogP contribution in [0.15, 0.2) is 70.6 Å². The number of benzene rings is 3. The minimum absolute atomic E-state index is 0.0693. The van der Waals surface area contributed by atoms with Crippen molar-refractivity contribution in [2.45, 2.75) is 25.7 Å². The zero-order valence-electron chi connectivity index (χ0n) is 17.1. The highest BCUT2D eigenvalue weighted by molar-refractivity contribution is 7.92. The number of hydrogen-bond donors (Lipinski definition) is 2. The molecule has 156 valence electrons. The van der Waals surface area contributed by atoms with Gasteiger partial charge in [-0.2, -0.15) is 0 Å². The Balaban J connectivity index is 1.75. The first-order valence-corrected chi connectivity index (χ1v) is 11.0. The van der Waals surface area contributed by atoms with Crippen molar-refractivity contribution in [3.05, 3.63) is 77.4 Å². The number of nitrogens with zero attached hydrogens (tertiary/aromatic N) is 1. The predicted molar refractivity (Wildman–Crippen MR) is 120 cm³/mol. The number of phenols is 1. The molecule has 0 saturated carbocycles. The second kappa shape index (κ2) is 9.00. The summed E-state index contributed by atoms with van der Waals surface area (Å²) in [6.45, 7) is 6.11. The predicted octanol–water partition coefficient (Wildman–Crippen LogP) is 4.96. The monoisotopic (exact) mass is 424 g/mol. The molecule has 0 fully saturated rings. The lowest BCUT2D eigenvalue weighted by Gasteiger charge is -2.11. The number of anilines is 1. The summed E-state index contributed by atoms with van der Waals surface area (Å²) in [5, 5.41) is 9.76. The number of nitrogens with one attached hydrogen (secondary N) is 1.